The fourth-order valence-electron chi connectivity index (χ4n) is 2.14. The molecule has 1 fully saturated rings. The van der Waals surface area contributed by atoms with Crippen LogP contribution >= 0.6 is 0 Å². The fraction of sp³-hybridized carbons (Fsp3) is 0.357. The van der Waals surface area contributed by atoms with E-state index in [9.17, 15) is 9.59 Å². The Morgan fingerprint density at radius 2 is 1.81 bits per heavy atom. The van der Waals surface area contributed by atoms with Crippen LogP contribution in [-0.4, -0.2) is 60.7 Å². The molecule has 0 saturated carbocycles. The van der Waals surface area contributed by atoms with Crippen molar-refractivity contribution in [3.05, 3.63) is 29.8 Å². The van der Waals surface area contributed by atoms with Crippen molar-refractivity contribution in [3.63, 3.8) is 0 Å². The zero-order valence-corrected chi connectivity index (χ0v) is 12.0. The number of guanidine groups is 1. The maximum atomic E-state index is 12.2. The minimum Gasteiger partial charge on any atom is -0.370 e. The molecule has 1 heterocycles. The Hall–Kier alpha value is -2.41. The number of benzene rings is 1. The van der Waals surface area contributed by atoms with Crippen LogP contribution in [0.25, 0.3) is 0 Å². The van der Waals surface area contributed by atoms with E-state index in [-0.39, 0.29) is 5.96 Å². The van der Waals surface area contributed by atoms with Gasteiger partial charge in [-0.1, -0.05) is 12.1 Å². The molecule has 0 aromatic heterocycles. The molecule has 0 radical (unpaired) electrons. The van der Waals surface area contributed by atoms with Gasteiger partial charge in [-0.25, -0.2) is 4.99 Å². The van der Waals surface area contributed by atoms with E-state index in [1.165, 1.54) is 6.07 Å². The molecule has 1 amide bonds. The number of amides is 1. The smallest absolute Gasteiger partial charge is 0.295 e. The summed E-state index contributed by atoms with van der Waals surface area (Å²) in [5.41, 5.74) is 11.4. The van der Waals surface area contributed by atoms with Gasteiger partial charge in [0.25, 0.3) is 5.91 Å². The Bertz CT molecular complexity index is 572. The van der Waals surface area contributed by atoms with E-state index >= 15 is 0 Å². The van der Waals surface area contributed by atoms with Gasteiger partial charge in [0.15, 0.2) is 5.96 Å². The van der Waals surface area contributed by atoms with Crippen molar-refractivity contribution in [3.8, 4) is 0 Å². The van der Waals surface area contributed by atoms with Crippen LogP contribution in [0.15, 0.2) is 29.3 Å². The van der Waals surface area contributed by atoms with E-state index in [1.54, 1.807) is 23.1 Å². The third-order valence-electron chi connectivity index (χ3n) is 3.35. The molecule has 1 aliphatic heterocycles. The van der Waals surface area contributed by atoms with Gasteiger partial charge in [0.1, 0.15) is 0 Å². The van der Waals surface area contributed by atoms with E-state index < -0.39 is 11.7 Å². The summed E-state index contributed by atoms with van der Waals surface area (Å²) in [5, 5.41) is 0. The van der Waals surface area contributed by atoms with Crippen molar-refractivity contribution >= 4 is 23.3 Å². The highest BCUT2D eigenvalue weighted by atomic mass is 16.2. The number of piperazine rings is 1. The van der Waals surface area contributed by atoms with E-state index in [4.69, 9.17) is 11.5 Å². The predicted molar refractivity (Wildman–Crippen MR) is 80.3 cm³/mol. The lowest BCUT2D eigenvalue weighted by atomic mass is 10.1. The Kier molecular flexibility index (Phi) is 4.54. The Morgan fingerprint density at radius 3 is 2.43 bits per heavy atom. The number of aliphatic imine (C=N–C) groups is 1. The number of hydrogen-bond acceptors (Lipinski definition) is 4. The quantitative estimate of drug-likeness (QED) is 0.339. The summed E-state index contributed by atoms with van der Waals surface area (Å²) in [5.74, 6) is -1.11. The summed E-state index contributed by atoms with van der Waals surface area (Å²) in [6.45, 7) is 2.67. The van der Waals surface area contributed by atoms with Gasteiger partial charge in [-0.2, -0.15) is 0 Å². The third-order valence-corrected chi connectivity index (χ3v) is 3.35. The normalized spacial score (nSPS) is 15.6. The zero-order valence-electron chi connectivity index (χ0n) is 12.0. The summed E-state index contributed by atoms with van der Waals surface area (Å²) in [7, 11) is 1.99. The summed E-state index contributed by atoms with van der Waals surface area (Å²) in [6, 6.07) is 6.40. The highest BCUT2D eigenvalue weighted by Crippen LogP contribution is 2.15. The second-order valence-electron chi connectivity index (χ2n) is 5.01. The largest absolute Gasteiger partial charge is 0.370 e. The molecular formula is C14H19N5O2. The molecule has 0 bridgehead atoms. The summed E-state index contributed by atoms with van der Waals surface area (Å²) in [4.78, 5) is 32.0. The van der Waals surface area contributed by atoms with Gasteiger partial charge >= 0.3 is 0 Å². The molecule has 4 N–H and O–H groups in total. The average molecular weight is 289 g/mol. The monoisotopic (exact) mass is 289 g/mol. The molecule has 0 spiro atoms. The van der Waals surface area contributed by atoms with Crippen molar-refractivity contribution < 1.29 is 9.59 Å². The molecule has 7 heteroatoms. The van der Waals surface area contributed by atoms with E-state index in [0.29, 0.717) is 24.3 Å². The van der Waals surface area contributed by atoms with Crippen molar-refractivity contribution in [2.75, 3.05) is 33.2 Å². The highest BCUT2D eigenvalue weighted by Gasteiger charge is 2.25. The van der Waals surface area contributed by atoms with Crippen LogP contribution in [-0.2, 0) is 4.79 Å². The molecule has 7 nitrogen and oxygen atoms in total. The Labute approximate surface area is 123 Å². The molecule has 2 rings (SSSR count). The fourth-order valence-corrected chi connectivity index (χ4v) is 2.14. The summed E-state index contributed by atoms with van der Waals surface area (Å²) >= 11 is 0. The van der Waals surface area contributed by atoms with Crippen LogP contribution in [0.2, 0.25) is 0 Å². The first-order valence-corrected chi connectivity index (χ1v) is 6.69. The molecule has 1 saturated heterocycles. The highest BCUT2D eigenvalue weighted by molar-refractivity contribution is 6.42. The molecular weight excluding hydrogens is 270 g/mol. The van der Waals surface area contributed by atoms with Crippen LogP contribution in [0, 0.1) is 0 Å². The molecule has 112 valence electrons. The maximum absolute atomic E-state index is 12.2. The number of rotatable bonds is 3. The molecule has 1 aromatic rings. The Morgan fingerprint density at radius 1 is 1.14 bits per heavy atom. The van der Waals surface area contributed by atoms with Crippen LogP contribution in [0.5, 0.6) is 0 Å². The molecule has 1 aromatic carbocycles. The number of nitrogens with two attached hydrogens (primary N) is 2. The first kappa shape index (κ1) is 15.0. The molecule has 1 aliphatic rings. The topological polar surface area (TPSA) is 105 Å². The van der Waals surface area contributed by atoms with Crippen molar-refractivity contribution in [2.45, 2.75) is 0 Å². The first-order chi connectivity index (χ1) is 9.97. The van der Waals surface area contributed by atoms with Crippen LogP contribution in [0.4, 0.5) is 5.69 Å². The average Bonchev–Trinajstić information content (AvgIpc) is 2.46. The van der Waals surface area contributed by atoms with Gasteiger partial charge < -0.3 is 21.3 Å². The maximum Gasteiger partial charge on any atom is 0.295 e. The molecule has 21 heavy (non-hydrogen) atoms. The van der Waals surface area contributed by atoms with Gasteiger partial charge in [-0.3, -0.25) is 9.59 Å². The van der Waals surface area contributed by atoms with Crippen molar-refractivity contribution in [1.29, 1.82) is 0 Å². The number of hydrogen-bond donors (Lipinski definition) is 2. The minimum atomic E-state index is -0.535. The van der Waals surface area contributed by atoms with Crippen molar-refractivity contribution in [1.82, 2.24) is 9.80 Å². The van der Waals surface area contributed by atoms with E-state index in [0.717, 1.165) is 13.1 Å². The van der Waals surface area contributed by atoms with E-state index in [1.807, 2.05) is 7.05 Å². The lowest BCUT2D eigenvalue weighted by Crippen LogP contribution is -2.49. The minimum absolute atomic E-state index is 0.0926. The second kappa shape index (κ2) is 6.36. The van der Waals surface area contributed by atoms with Gasteiger partial charge in [-0.15, -0.1) is 0 Å². The van der Waals surface area contributed by atoms with Gasteiger partial charge in [0.05, 0.1) is 5.69 Å². The number of carbonyl (C=O) groups excluding carboxylic acids is 2. The van der Waals surface area contributed by atoms with Crippen LogP contribution < -0.4 is 11.5 Å². The first-order valence-electron chi connectivity index (χ1n) is 6.69. The summed E-state index contributed by atoms with van der Waals surface area (Å²) < 4.78 is 0. The lowest BCUT2D eigenvalue weighted by Gasteiger charge is -2.31. The van der Waals surface area contributed by atoms with Gasteiger partial charge in [0.2, 0.25) is 5.78 Å². The van der Waals surface area contributed by atoms with Gasteiger partial charge in [0, 0.05) is 31.7 Å². The molecule has 0 aliphatic carbocycles. The number of ketones is 1. The molecule has 0 atom stereocenters. The van der Waals surface area contributed by atoms with Crippen LogP contribution in [0.3, 0.4) is 0 Å². The second-order valence-corrected chi connectivity index (χ2v) is 5.01. The number of likely N-dealkylation sites (N-methyl/N-ethyl adjacent to an activating group) is 1. The number of Topliss-reactive ketones (excluding diaryl/α,β-unsaturated/α-hetero) is 1. The van der Waals surface area contributed by atoms with Gasteiger partial charge in [-0.05, 0) is 19.2 Å². The third kappa shape index (κ3) is 3.79. The predicted octanol–water partition coefficient (Wildman–Crippen LogP) is -0.452. The van der Waals surface area contributed by atoms with Crippen LogP contribution in [0.1, 0.15) is 10.4 Å². The molecule has 0 unspecified atom stereocenters. The standard InChI is InChI=1S/C14H19N5O2/c1-18-5-7-19(8-6-18)13(21)12(20)10-3-2-4-11(9-10)17-14(15)16/h2-4,9H,5-8H2,1H3,(H4,15,16,17). The van der Waals surface area contributed by atoms with Crippen molar-refractivity contribution in [2.24, 2.45) is 16.5 Å². The summed E-state index contributed by atoms with van der Waals surface area (Å²) in [6.07, 6.45) is 0. The SMILES string of the molecule is CN1CCN(C(=O)C(=O)c2cccc(N=C(N)N)c2)CC1. The number of nitrogens with zero attached hydrogens (tertiary/aromatic N) is 3. The zero-order chi connectivity index (χ0) is 15.4. The number of carbonyl (C=O) groups is 2. The lowest BCUT2D eigenvalue weighted by molar-refractivity contribution is -0.127. The Balaban J connectivity index is 2.12. The van der Waals surface area contributed by atoms with E-state index in [2.05, 4.69) is 9.89 Å².